The maximum Gasteiger partial charge on any atom is 0.227 e. The van der Waals surface area contributed by atoms with Crippen LogP contribution in [0.5, 0.6) is 0 Å². The first-order valence-corrected chi connectivity index (χ1v) is 9.10. The quantitative estimate of drug-likeness (QED) is 0.591. The zero-order valence-electron chi connectivity index (χ0n) is 14.8. The molecular weight excluding hydrogens is 322 g/mol. The highest BCUT2D eigenvalue weighted by Crippen LogP contribution is 2.30. The van der Waals surface area contributed by atoms with Crippen molar-refractivity contribution in [2.24, 2.45) is 7.05 Å². The van der Waals surface area contributed by atoms with Crippen molar-refractivity contribution in [1.29, 1.82) is 0 Å². The minimum absolute atomic E-state index is 0.202. The Morgan fingerprint density at radius 1 is 1.08 bits per heavy atom. The standard InChI is InChI=1S/C22H21N3O/c1-24-20-9-5-3-7-17(20)18-14-25(11-10-21(18)24)22(26)12-15-13-23-19-8-4-2-6-16(15)19/h2-9,13,23H,10-12,14H2,1H3. The fourth-order valence-electron chi connectivity index (χ4n) is 4.30. The number of hydrogen-bond donors (Lipinski definition) is 1. The third-order valence-electron chi connectivity index (χ3n) is 5.68. The van der Waals surface area contributed by atoms with Gasteiger partial charge in [-0.15, -0.1) is 0 Å². The van der Waals surface area contributed by atoms with E-state index in [4.69, 9.17) is 0 Å². The number of rotatable bonds is 2. The van der Waals surface area contributed by atoms with Crippen LogP contribution in [0, 0.1) is 0 Å². The van der Waals surface area contributed by atoms with E-state index in [1.165, 1.54) is 22.2 Å². The van der Waals surface area contributed by atoms with Crippen molar-refractivity contribution in [3.05, 3.63) is 71.5 Å². The number of nitrogens with one attached hydrogen (secondary N) is 1. The van der Waals surface area contributed by atoms with Gasteiger partial charge in [0.05, 0.1) is 6.42 Å². The summed E-state index contributed by atoms with van der Waals surface area (Å²) in [7, 11) is 2.13. The van der Waals surface area contributed by atoms with Crippen molar-refractivity contribution in [3.63, 3.8) is 0 Å². The Balaban J connectivity index is 1.44. The molecule has 0 saturated carbocycles. The minimum atomic E-state index is 0.202. The van der Waals surface area contributed by atoms with E-state index in [9.17, 15) is 4.79 Å². The zero-order chi connectivity index (χ0) is 17.7. The molecule has 2 aromatic carbocycles. The first-order chi connectivity index (χ1) is 12.7. The molecule has 1 amide bonds. The molecule has 3 heterocycles. The summed E-state index contributed by atoms with van der Waals surface area (Å²) in [5, 5.41) is 2.42. The van der Waals surface area contributed by atoms with Crippen LogP contribution in [0.4, 0.5) is 0 Å². The zero-order valence-corrected chi connectivity index (χ0v) is 14.8. The Morgan fingerprint density at radius 3 is 2.73 bits per heavy atom. The summed E-state index contributed by atoms with van der Waals surface area (Å²) in [4.78, 5) is 18.2. The Labute approximate surface area is 152 Å². The van der Waals surface area contributed by atoms with Crippen LogP contribution < -0.4 is 0 Å². The third-order valence-corrected chi connectivity index (χ3v) is 5.68. The summed E-state index contributed by atoms with van der Waals surface area (Å²) < 4.78 is 2.28. The van der Waals surface area contributed by atoms with Gasteiger partial charge in [-0.25, -0.2) is 0 Å². The van der Waals surface area contributed by atoms with Crippen molar-refractivity contribution in [2.75, 3.05) is 6.54 Å². The van der Waals surface area contributed by atoms with Crippen LogP contribution in [0.2, 0.25) is 0 Å². The molecule has 1 aliphatic rings. The van der Waals surface area contributed by atoms with Gasteiger partial charge in [-0.1, -0.05) is 36.4 Å². The first kappa shape index (κ1) is 15.3. The van der Waals surface area contributed by atoms with Crippen LogP contribution in [0.15, 0.2) is 54.7 Å². The molecule has 5 rings (SSSR count). The molecule has 4 heteroatoms. The van der Waals surface area contributed by atoms with Crippen molar-refractivity contribution in [1.82, 2.24) is 14.5 Å². The number of carbonyl (C=O) groups is 1. The average Bonchev–Trinajstić information content (AvgIpc) is 3.22. The molecule has 0 spiro atoms. The lowest BCUT2D eigenvalue weighted by Crippen LogP contribution is -2.37. The number of fused-ring (bicyclic) bond motifs is 4. The van der Waals surface area contributed by atoms with Gasteiger partial charge in [-0.3, -0.25) is 4.79 Å². The van der Waals surface area contributed by atoms with Gasteiger partial charge < -0.3 is 14.5 Å². The Morgan fingerprint density at radius 2 is 1.85 bits per heavy atom. The fraction of sp³-hybridized carbons (Fsp3) is 0.227. The van der Waals surface area contributed by atoms with Gasteiger partial charge in [0, 0.05) is 65.8 Å². The Bertz CT molecular complexity index is 1130. The molecule has 0 aliphatic carbocycles. The number of aryl methyl sites for hydroxylation is 1. The molecule has 0 saturated heterocycles. The van der Waals surface area contributed by atoms with E-state index < -0.39 is 0 Å². The van der Waals surface area contributed by atoms with Crippen LogP contribution in [-0.2, 0) is 31.2 Å². The smallest absolute Gasteiger partial charge is 0.227 e. The fourth-order valence-corrected chi connectivity index (χ4v) is 4.30. The van der Waals surface area contributed by atoms with E-state index in [1.54, 1.807) is 0 Å². The van der Waals surface area contributed by atoms with E-state index >= 15 is 0 Å². The van der Waals surface area contributed by atoms with Crippen LogP contribution in [0.1, 0.15) is 16.8 Å². The number of amides is 1. The minimum Gasteiger partial charge on any atom is -0.361 e. The second kappa shape index (κ2) is 5.77. The summed E-state index contributed by atoms with van der Waals surface area (Å²) in [6, 6.07) is 16.6. The monoisotopic (exact) mass is 343 g/mol. The highest BCUT2D eigenvalue weighted by molar-refractivity contribution is 5.90. The number of para-hydroxylation sites is 2. The maximum atomic E-state index is 13.0. The van der Waals surface area contributed by atoms with Crippen LogP contribution in [0.25, 0.3) is 21.8 Å². The number of H-pyrrole nitrogens is 1. The summed E-state index contributed by atoms with van der Waals surface area (Å²) in [6.45, 7) is 1.50. The van der Waals surface area contributed by atoms with E-state index in [2.05, 4.69) is 46.9 Å². The molecule has 4 nitrogen and oxygen atoms in total. The number of aromatic nitrogens is 2. The second-order valence-electron chi connectivity index (χ2n) is 7.10. The van der Waals surface area contributed by atoms with Gasteiger partial charge in [0.15, 0.2) is 0 Å². The molecule has 0 bridgehead atoms. The first-order valence-electron chi connectivity index (χ1n) is 9.10. The molecule has 0 unspecified atom stereocenters. The van der Waals surface area contributed by atoms with Gasteiger partial charge >= 0.3 is 0 Å². The molecule has 26 heavy (non-hydrogen) atoms. The summed E-state index contributed by atoms with van der Waals surface area (Å²) in [5.41, 5.74) is 6.09. The van der Waals surface area contributed by atoms with Crippen molar-refractivity contribution < 1.29 is 4.79 Å². The highest BCUT2D eigenvalue weighted by atomic mass is 16.2. The lowest BCUT2D eigenvalue weighted by molar-refractivity contribution is -0.131. The molecule has 0 atom stereocenters. The molecule has 4 aromatic rings. The van der Waals surface area contributed by atoms with Crippen LogP contribution in [-0.4, -0.2) is 26.9 Å². The molecule has 1 aliphatic heterocycles. The summed E-state index contributed by atoms with van der Waals surface area (Å²) in [5.74, 6) is 0.202. The number of nitrogens with zero attached hydrogens (tertiary/aromatic N) is 2. The summed E-state index contributed by atoms with van der Waals surface area (Å²) in [6.07, 6.45) is 3.33. The topological polar surface area (TPSA) is 41.0 Å². The van der Waals surface area contributed by atoms with Gasteiger partial charge in [-0.2, -0.15) is 0 Å². The van der Waals surface area contributed by atoms with E-state index in [-0.39, 0.29) is 5.91 Å². The molecule has 2 aromatic heterocycles. The Hall–Kier alpha value is -3.01. The number of benzene rings is 2. The van der Waals surface area contributed by atoms with E-state index in [1.807, 2.05) is 29.3 Å². The lowest BCUT2D eigenvalue weighted by atomic mass is 10.0. The second-order valence-corrected chi connectivity index (χ2v) is 7.10. The van der Waals surface area contributed by atoms with E-state index in [0.29, 0.717) is 13.0 Å². The van der Waals surface area contributed by atoms with Crippen LogP contribution in [0.3, 0.4) is 0 Å². The van der Waals surface area contributed by atoms with Crippen LogP contribution >= 0.6 is 0 Å². The third kappa shape index (κ3) is 2.25. The van der Waals surface area contributed by atoms with Gasteiger partial charge in [0.1, 0.15) is 0 Å². The largest absolute Gasteiger partial charge is 0.361 e. The molecule has 130 valence electrons. The van der Waals surface area contributed by atoms with Crippen molar-refractivity contribution >= 4 is 27.7 Å². The number of carbonyl (C=O) groups excluding carboxylic acids is 1. The normalized spacial score (nSPS) is 14.1. The molecular formula is C22H21N3O. The van der Waals surface area contributed by atoms with E-state index in [0.717, 1.165) is 29.4 Å². The molecule has 0 radical (unpaired) electrons. The predicted molar refractivity (Wildman–Crippen MR) is 104 cm³/mol. The highest BCUT2D eigenvalue weighted by Gasteiger charge is 2.25. The number of aromatic amines is 1. The van der Waals surface area contributed by atoms with Crippen molar-refractivity contribution in [3.8, 4) is 0 Å². The van der Waals surface area contributed by atoms with Crippen molar-refractivity contribution in [2.45, 2.75) is 19.4 Å². The van der Waals surface area contributed by atoms with Gasteiger partial charge in [0.2, 0.25) is 5.91 Å². The van der Waals surface area contributed by atoms with Gasteiger partial charge in [-0.05, 0) is 17.7 Å². The average molecular weight is 343 g/mol. The summed E-state index contributed by atoms with van der Waals surface area (Å²) >= 11 is 0. The SMILES string of the molecule is Cn1c2c(c3ccccc31)CN(C(=O)Cc1c[nH]c3ccccc13)CC2. The molecule has 0 fully saturated rings. The lowest BCUT2D eigenvalue weighted by Gasteiger charge is -2.28. The predicted octanol–water partition coefficient (Wildman–Crippen LogP) is 3.79. The number of hydrogen-bond acceptors (Lipinski definition) is 1. The molecule has 1 N–H and O–H groups in total. The maximum absolute atomic E-state index is 13.0. The Kier molecular flexibility index (Phi) is 3.38. The van der Waals surface area contributed by atoms with Gasteiger partial charge in [0.25, 0.3) is 0 Å².